The number of hydrogen-bond acceptors (Lipinski definition) is 4. The number of ether oxygens (including phenoxy) is 1. The molecule has 4 rings (SSSR count). The maximum Gasteiger partial charge on any atom is 0.274 e. The Hall–Kier alpha value is -2.83. The van der Waals surface area contributed by atoms with E-state index in [2.05, 4.69) is 43.8 Å². The van der Waals surface area contributed by atoms with Crippen LogP contribution in [-0.4, -0.2) is 64.7 Å². The van der Waals surface area contributed by atoms with Crippen LogP contribution < -0.4 is 4.74 Å². The minimum Gasteiger partial charge on any atom is -0.497 e. The van der Waals surface area contributed by atoms with Gasteiger partial charge in [0.15, 0.2) is 0 Å². The van der Waals surface area contributed by atoms with Gasteiger partial charge in [-0.05, 0) is 59.8 Å². The summed E-state index contributed by atoms with van der Waals surface area (Å²) < 4.78 is 7.08. The van der Waals surface area contributed by atoms with Gasteiger partial charge in [0, 0.05) is 45.3 Å². The lowest BCUT2D eigenvalue weighted by molar-refractivity contribution is -0.135. The third-order valence-corrected chi connectivity index (χ3v) is 8.99. The molecule has 0 bridgehead atoms. The zero-order valence-corrected chi connectivity index (χ0v) is 22.2. The lowest BCUT2D eigenvalue weighted by Gasteiger charge is -2.40. The van der Waals surface area contributed by atoms with Gasteiger partial charge in [-0.15, -0.1) is 0 Å². The van der Waals surface area contributed by atoms with Gasteiger partial charge in [0.25, 0.3) is 5.91 Å². The summed E-state index contributed by atoms with van der Waals surface area (Å²) >= 11 is 0. The molecule has 0 N–H and O–H groups in total. The number of aryl methyl sites for hydroxylation is 1. The molecule has 2 fully saturated rings. The zero-order valence-electron chi connectivity index (χ0n) is 22.2. The molecule has 2 amide bonds. The molecule has 1 saturated carbocycles. The van der Waals surface area contributed by atoms with Crippen LogP contribution in [0.25, 0.3) is 0 Å². The molecule has 1 aromatic heterocycles. The molecule has 0 unspecified atom stereocenters. The summed E-state index contributed by atoms with van der Waals surface area (Å²) in [6, 6.07) is 9.83. The maximum atomic E-state index is 13.3. The molecule has 1 aliphatic carbocycles. The first-order chi connectivity index (χ1) is 16.5. The minimum absolute atomic E-state index is 0.00247. The largest absolute Gasteiger partial charge is 0.497 e. The lowest BCUT2D eigenvalue weighted by Crippen LogP contribution is -2.49. The average Bonchev–Trinajstić information content (AvgIpc) is 3.09. The number of hydrogen-bond donors (Lipinski definition) is 0. The van der Waals surface area contributed by atoms with E-state index in [1.165, 1.54) is 0 Å². The quantitative estimate of drug-likeness (QED) is 0.600. The van der Waals surface area contributed by atoms with Crippen molar-refractivity contribution in [2.24, 2.45) is 29.7 Å². The number of nitrogens with zero attached hydrogens (tertiary/aromatic N) is 4. The number of likely N-dealkylation sites (N-methyl/N-ethyl adjacent to an activating group) is 1. The molecule has 1 atom stereocenters. The minimum atomic E-state index is -0.0709. The summed E-state index contributed by atoms with van der Waals surface area (Å²) in [5.74, 6) is 1.42. The predicted octanol–water partition coefficient (Wildman–Crippen LogP) is 4.03. The van der Waals surface area contributed by atoms with Gasteiger partial charge in [-0.2, -0.15) is 5.10 Å². The molecule has 190 valence electrons. The van der Waals surface area contributed by atoms with E-state index in [1.807, 2.05) is 37.2 Å². The predicted molar refractivity (Wildman–Crippen MR) is 136 cm³/mol. The Morgan fingerprint density at radius 2 is 1.80 bits per heavy atom. The number of amides is 2. The first kappa shape index (κ1) is 25.3. The number of aromatic nitrogens is 2. The van der Waals surface area contributed by atoms with E-state index in [4.69, 9.17) is 4.74 Å². The van der Waals surface area contributed by atoms with Crippen molar-refractivity contribution in [2.75, 3.05) is 27.2 Å². The smallest absolute Gasteiger partial charge is 0.274 e. The Morgan fingerprint density at radius 1 is 1.14 bits per heavy atom. The van der Waals surface area contributed by atoms with Gasteiger partial charge in [0.1, 0.15) is 11.4 Å². The Kier molecular flexibility index (Phi) is 6.73. The molecular formula is C28H40N4O3. The molecule has 0 spiro atoms. The topological polar surface area (TPSA) is 67.7 Å². The normalized spacial score (nSPS) is 20.4. The summed E-state index contributed by atoms with van der Waals surface area (Å²) in [6.07, 6.45) is 4.29. The van der Waals surface area contributed by atoms with Crippen molar-refractivity contribution < 1.29 is 14.3 Å². The second kappa shape index (κ2) is 9.32. The van der Waals surface area contributed by atoms with Crippen LogP contribution in [0.4, 0.5) is 0 Å². The van der Waals surface area contributed by atoms with Gasteiger partial charge >= 0.3 is 0 Å². The molecule has 1 saturated heterocycles. The number of carbonyl (C=O) groups excluding carboxylic acids is 2. The van der Waals surface area contributed by atoms with E-state index in [9.17, 15) is 9.59 Å². The van der Waals surface area contributed by atoms with Crippen LogP contribution in [0.2, 0.25) is 0 Å². The van der Waals surface area contributed by atoms with Crippen molar-refractivity contribution >= 4 is 11.8 Å². The fourth-order valence-corrected chi connectivity index (χ4v) is 6.02. The van der Waals surface area contributed by atoms with Gasteiger partial charge in [-0.1, -0.05) is 39.8 Å². The molecule has 7 heteroatoms. The highest BCUT2D eigenvalue weighted by atomic mass is 16.5. The van der Waals surface area contributed by atoms with E-state index in [0.717, 1.165) is 43.7 Å². The van der Waals surface area contributed by atoms with E-state index in [1.54, 1.807) is 24.1 Å². The third-order valence-electron chi connectivity index (χ3n) is 8.99. The fraction of sp³-hybridized carbons (Fsp3) is 0.607. The maximum absolute atomic E-state index is 13.3. The molecule has 1 aliphatic heterocycles. The zero-order chi connectivity index (χ0) is 25.5. The Balaban J connectivity index is 1.50. The Morgan fingerprint density at radius 3 is 2.34 bits per heavy atom. The van der Waals surface area contributed by atoms with Crippen molar-refractivity contribution in [3.05, 3.63) is 47.8 Å². The number of carbonyl (C=O) groups is 2. The lowest BCUT2D eigenvalue weighted by atomic mass is 9.84. The summed E-state index contributed by atoms with van der Waals surface area (Å²) in [5.41, 5.74) is 1.68. The standard InChI is InChI=1S/C28H40N4O3/c1-27(2)24(28(27,3)4)26(34)32-15-11-20(12-16-32)23(18-19-9-8-10-21(17-19)35-7)31(6)25(33)22-13-14-30(5)29-22/h8-10,13-14,17,20,23-24H,11-12,15-16,18H2,1-7H3/t23-/m1/s1. The number of benzene rings is 1. The SMILES string of the molecule is COc1cccc(C[C@H](C2CCN(C(=O)C3C(C)(C)C3(C)C)CC2)N(C)C(=O)c2ccn(C)n2)c1. The van der Waals surface area contributed by atoms with Crippen LogP contribution in [0.15, 0.2) is 36.5 Å². The summed E-state index contributed by atoms with van der Waals surface area (Å²) in [7, 11) is 5.37. The number of piperidine rings is 1. The first-order valence-corrected chi connectivity index (χ1v) is 12.7. The highest BCUT2D eigenvalue weighted by molar-refractivity contribution is 5.92. The van der Waals surface area contributed by atoms with Gasteiger partial charge in [0.05, 0.1) is 7.11 Å². The molecule has 0 radical (unpaired) electrons. The average molecular weight is 481 g/mol. The fourth-order valence-electron chi connectivity index (χ4n) is 6.02. The first-order valence-electron chi connectivity index (χ1n) is 12.7. The van der Waals surface area contributed by atoms with Gasteiger partial charge in [-0.3, -0.25) is 14.3 Å². The third kappa shape index (κ3) is 4.69. The van der Waals surface area contributed by atoms with Crippen molar-refractivity contribution in [1.29, 1.82) is 0 Å². The summed E-state index contributed by atoms with van der Waals surface area (Å²) in [6.45, 7) is 10.3. The number of rotatable bonds is 7. The second-order valence-corrected chi connectivity index (χ2v) is 11.5. The molecule has 35 heavy (non-hydrogen) atoms. The molecule has 2 heterocycles. The monoisotopic (exact) mass is 480 g/mol. The van der Waals surface area contributed by atoms with Crippen LogP contribution >= 0.6 is 0 Å². The highest BCUT2D eigenvalue weighted by Crippen LogP contribution is 2.68. The van der Waals surface area contributed by atoms with Crippen LogP contribution in [0, 0.1) is 22.7 Å². The van der Waals surface area contributed by atoms with Crippen molar-refractivity contribution in [1.82, 2.24) is 19.6 Å². The van der Waals surface area contributed by atoms with Crippen LogP contribution in [0.3, 0.4) is 0 Å². The van der Waals surface area contributed by atoms with Crippen LogP contribution in [0.1, 0.15) is 56.6 Å². The van der Waals surface area contributed by atoms with Crippen molar-refractivity contribution in [2.45, 2.75) is 53.0 Å². The summed E-state index contributed by atoms with van der Waals surface area (Å²) in [5, 5.41) is 4.33. The molecule has 2 aromatic rings. The van der Waals surface area contributed by atoms with E-state index < -0.39 is 0 Å². The Labute approximate surface area is 209 Å². The van der Waals surface area contributed by atoms with E-state index in [-0.39, 0.29) is 28.7 Å². The van der Waals surface area contributed by atoms with Gasteiger partial charge in [-0.25, -0.2) is 0 Å². The van der Waals surface area contributed by atoms with E-state index >= 15 is 0 Å². The van der Waals surface area contributed by atoms with Crippen molar-refractivity contribution in [3.63, 3.8) is 0 Å². The number of methoxy groups -OCH3 is 1. The van der Waals surface area contributed by atoms with E-state index in [0.29, 0.717) is 17.5 Å². The molecular weight excluding hydrogens is 440 g/mol. The van der Waals surface area contributed by atoms with Crippen LogP contribution in [0.5, 0.6) is 5.75 Å². The Bertz CT molecular complexity index is 1070. The van der Waals surface area contributed by atoms with Gasteiger partial charge < -0.3 is 14.5 Å². The number of likely N-dealkylation sites (tertiary alicyclic amines) is 1. The van der Waals surface area contributed by atoms with Crippen LogP contribution in [-0.2, 0) is 18.3 Å². The second-order valence-electron chi connectivity index (χ2n) is 11.5. The molecule has 7 nitrogen and oxygen atoms in total. The van der Waals surface area contributed by atoms with Gasteiger partial charge in [0.2, 0.25) is 5.91 Å². The molecule has 1 aromatic carbocycles. The van der Waals surface area contributed by atoms with Crippen molar-refractivity contribution in [3.8, 4) is 5.75 Å². The summed E-state index contributed by atoms with van der Waals surface area (Å²) in [4.78, 5) is 30.5. The highest BCUT2D eigenvalue weighted by Gasteiger charge is 2.68. The molecule has 2 aliphatic rings.